The lowest BCUT2D eigenvalue weighted by Crippen LogP contribution is -2.40. The van der Waals surface area contributed by atoms with E-state index in [-0.39, 0.29) is 28.9 Å². The van der Waals surface area contributed by atoms with Gasteiger partial charge < -0.3 is 9.47 Å². The van der Waals surface area contributed by atoms with E-state index in [0.717, 1.165) is 5.56 Å². The van der Waals surface area contributed by atoms with Gasteiger partial charge in [-0.15, -0.1) is 0 Å². The summed E-state index contributed by atoms with van der Waals surface area (Å²) in [5, 5.41) is 0. The Morgan fingerprint density at radius 3 is 2.68 bits per heavy atom. The van der Waals surface area contributed by atoms with Crippen molar-refractivity contribution in [3.63, 3.8) is 0 Å². The van der Waals surface area contributed by atoms with Crippen molar-refractivity contribution in [2.24, 2.45) is 21.7 Å². The molecule has 2 saturated carbocycles. The number of carbonyl (C=O) groups excluding carboxylic acids is 1. The lowest BCUT2D eigenvalue weighted by molar-refractivity contribution is -0.144. The van der Waals surface area contributed by atoms with E-state index in [4.69, 9.17) is 14.5 Å². The van der Waals surface area contributed by atoms with Crippen LogP contribution in [-0.4, -0.2) is 30.1 Å². The molecule has 4 nitrogen and oxygen atoms in total. The van der Waals surface area contributed by atoms with Crippen LogP contribution in [0.4, 0.5) is 0 Å². The van der Waals surface area contributed by atoms with Crippen LogP contribution in [0.2, 0.25) is 0 Å². The highest BCUT2D eigenvalue weighted by molar-refractivity contribution is 5.85. The Morgan fingerprint density at radius 2 is 2.04 bits per heavy atom. The summed E-state index contributed by atoms with van der Waals surface area (Å²) in [4.78, 5) is 16.6. The first kappa shape index (κ1) is 16.6. The Balaban J connectivity index is 1.60. The molecule has 2 fully saturated rings. The normalized spacial score (nSPS) is 35.7. The zero-order chi connectivity index (χ0) is 17.8. The average Bonchev–Trinajstić information content (AvgIpc) is 3.13. The van der Waals surface area contributed by atoms with Crippen LogP contribution in [0.1, 0.15) is 46.1 Å². The van der Waals surface area contributed by atoms with E-state index in [1.54, 1.807) is 0 Å². The van der Waals surface area contributed by atoms with Crippen LogP contribution >= 0.6 is 0 Å². The smallest absolute Gasteiger partial charge is 0.303 e. The molecule has 1 aromatic rings. The van der Waals surface area contributed by atoms with Crippen LogP contribution in [0.3, 0.4) is 0 Å². The Morgan fingerprint density at radius 1 is 1.32 bits per heavy atom. The lowest BCUT2D eigenvalue weighted by atomic mass is 9.70. The van der Waals surface area contributed by atoms with E-state index in [9.17, 15) is 4.79 Å². The average molecular weight is 341 g/mol. The summed E-state index contributed by atoms with van der Waals surface area (Å²) in [6, 6.07) is 10.3. The van der Waals surface area contributed by atoms with Crippen molar-refractivity contribution < 1.29 is 14.3 Å². The number of fused-ring (bicyclic) bond motifs is 5. The van der Waals surface area contributed by atoms with E-state index in [0.29, 0.717) is 18.2 Å². The second-order valence-corrected chi connectivity index (χ2v) is 8.57. The number of esters is 1. The van der Waals surface area contributed by atoms with Crippen molar-refractivity contribution in [1.29, 1.82) is 0 Å². The number of benzene rings is 1. The van der Waals surface area contributed by atoms with E-state index < -0.39 is 6.10 Å². The van der Waals surface area contributed by atoms with Gasteiger partial charge >= 0.3 is 5.97 Å². The molecule has 2 aliphatic carbocycles. The van der Waals surface area contributed by atoms with Gasteiger partial charge in [-0.25, -0.2) is 4.99 Å². The molecule has 1 heterocycles. The minimum atomic E-state index is -0.434. The number of hydrogen-bond acceptors (Lipinski definition) is 4. The number of hydrogen-bond donors (Lipinski definition) is 0. The largest absolute Gasteiger partial charge is 0.472 e. The molecule has 0 radical (unpaired) electrons. The molecule has 0 unspecified atom stereocenters. The van der Waals surface area contributed by atoms with Gasteiger partial charge in [-0.1, -0.05) is 51.1 Å². The third-order valence-electron chi connectivity index (χ3n) is 7.10. The second kappa shape index (κ2) is 5.58. The molecule has 0 N–H and O–H groups in total. The van der Waals surface area contributed by atoms with Gasteiger partial charge in [-0.2, -0.15) is 0 Å². The van der Waals surface area contributed by atoms with Crippen LogP contribution in [0.25, 0.3) is 0 Å². The van der Waals surface area contributed by atoms with E-state index in [2.05, 4.69) is 20.8 Å². The number of ether oxygens (including phenoxy) is 2. The first-order chi connectivity index (χ1) is 11.8. The third-order valence-corrected chi connectivity index (χ3v) is 7.10. The van der Waals surface area contributed by atoms with Gasteiger partial charge in [0.05, 0.1) is 6.04 Å². The molecule has 2 bridgehead atoms. The van der Waals surface area contributed by atoms with Crippen molar-refractivity contribution in [2.75, 3.05) is 0 Å². The Bertz CT molecular complexity index is 711. The minimum absolute atomic E-state index is 0.116. The van der Waals surface area contributed by atoms with Gasteiger partial charge in [0.2, 0.25) is 5.90 Å². The minimum Gasteiger partial charge on any atom is -0.472 e. The van der Waals surface area contributed by atoms with Crippen molar-refractivity contribution >= 4 is 11.9 Å². The first-order valence-electron chi connectivity index (χ1n) is 9.28. The standard InChI is InChI=1S/C21H27NO3/c1-13(23)24-16(12-14-8-6-5-7-9-14)19-22-17-15-10-11-21(4,18(17)25-19)20(15,2)3/h5-9,15-18H,10-12H2,1-4H3/t15-,16-,17-,18-,21+/m1/s1. The molecule has 134 valence electrons. The molecule has 0 spiro atoms. The van der Waals surface area contributed by atoms with Crippen molar-refractivity contribution in [3.8, 4) is 0 Å². The predicted octanol–water partition coefficient (Wildman–Crippen LogP) is 3.78. The highest BCUT2D eigenvalue weighted by Gasteiger charge is 2.69. The highest BCUT2D eigenvalue weighted by Crippen LogP contribution is 2.68. The fourth-order valence-electron chi connectivity index (χ4n) is 5.29. The summed E-state index contributed by atoms with van der Waals surface area (Å²) in [6.45, 7) is 8.50. The van der Waals surface area contributed by atoms with E-state index in [1.807, 2.05) is 30.3 Å². The monoisotopic (exact) mass is 341 g/mol. The second-order valence-electron chi connectivity index (χ2n) is 8.57. The predicted molar refractivity (Wildman–Crippen MR) is 96.4 cm³/mol. The maximum absolute atomic E-state index is 11.6. The maximum atomic E-state index is 11.6. The van der Waals surface area contributed by atoms with Crippen LogP contribution < -0.4 is 0 Å². The van der Waals surface area contributed by atoms with Gasteiger partial charge in [0.25, 0.3) is 0 Å². The van der Waals surface area contributed by atoms with Gasteiger partial charge in [0.1, 0.15) is 6.10 Å². The molecule has 25 heavy (non-hydrogen) atoms. The van der Waals surface area contributed by atoms with Crippen molar-refractivity contribution in [2.45, 2.75) is 65.2 Å². The highest BCUT2D eigenvalue weighted by atomic mass is 16.6. The summed E-state index contributed by atoms with van der Waals surface area (Å²) < 4.78 is 12.0. The van der Waals surface area contributed by atoms with Gasteiger partial charge in [0.15, 0.2) is 6.10 Å². The SMILES string of the molecule is CC(=O)O[C@H](Cc1ccccc1)C1=N[C@@H]2[C@H]3CC[C@@](C)([C@@H]2O1)C3(C)C. The van der Waals surface area contributed by atoms with Gasteiger partial charge in [-0.3, -0.25) is 4.79 Å². The van der Waals surface area contributed by atoms with E-state index in [1.165, 1.54) is 19.8 Å². The van der Waals surface area contributed by atoms with Crippen LogP contribution in [0, 0.1) is 16.7 Å². The molecule has 1 aromatic carbocycles. The fraction of sp³-hybridized carbons (Fsp3) is 0.619. The van der Waals surface area contributed by atoms with Crippen LogP contribution in [-0.2, 0) is 20.7 Å². The molecule has 4 heteroatoms. The van der Waals surface area contributed by atoms with Crippen molar-refractivity contribution in [1.82, 2.24) is 0 Å². The summed E-state index contributed by atoms with van der Waals surface area (Å²) in [5.74, 6) is 0.871. The molecule has 3 aliphatic rings. The Labute approximate surface area is 149 Å². The maximum Gasteiger partial charge on any atom is 0.303 e. The van der Waals surface area contributed by atoms with Gasteiger partial charge in [0, 0.05) is 18.8 Å². The third kappa shape index (κ3) is 2.41. The number of nitrogens with zero attached hydrogens (tertiary/aromatic N) is 1. The molecule has 0 saturated heterocycles. The number of carbonyl (C=O) groups is 1. The molecule has 5 atom stereocenters. The zero-order valence-corrected chi connectivity index (χ0v) is 15.5. The fourth-order valence-corrected chi connectivity index (χ4v) is 5.29. The number of rotatable bonds is 4. The molecule has 4 rings (SSSR count). The van der Waals surface area contributed by atoms with Crippen molar-refractivity contribution in [3.05, 3.63) is 35.9 Å². The van der Waals surface area contributed by atoms with E-state index >= 15 is 0 Å². The Kier molecular flexibility index (Phi) is 3.71. The molecular weight excluding hydrogens is 314 g/mol. The van der Waals surface area contributed by atoms with Gasteiger partial charge in [-0.05, 0) is 29.7 Å². The summed E-state index contributed by atoms with van der Waals surface area (Å²) >= 11 is 0. The van der Waals surface area contributed by atoms with Crippen LogP contribution in [0.15, 0.2) is 35.3 Å². The van der Waals surface area contributed by atoms with Crippen LogP contribution in [0.5, 0.6) is 0 Å². The lowest BCUT2D eigenvalue weighted by Gasteiger charge is -2.38. The quantitative estimate of drug-likeness (QED) is 0.783. The summed E-state index contributed by atoms with van der Waals surface area (Å²) in [6.07, 6.45) is 2.68. The summed E-state index contributed by atoms with van der Waals surface area (Å²) in [7, 11) is 0. The molecular formula is C21H27NO3. The molecule has 0 aromatic heterocycles. The first-order valence-corrected chi connectivity index (χ1v) is 9.28. The molecule has 1 aliphatic heterocycles. The summed E-state index contributed by atoms with van der Waals surface area (Å²) in [5.41, 5.74) is 1.50. The number of aliphatic imine (C=N–C) groups is 1. The topological polar surface area (TPSA) is 47.9 Å². The zero-order valence-electron chi connectivity index (χ0n) is 15.5. The Hall–Kier alpha value is -1.84. The molecule has 0 amide bonds.